The minimum atomic E-state index is -0.806. The highest BCUT2D eigenvalue weighted by atomic mass is 19.2. The predicted octanol–water partition coefficient (Wildman–Crippen LogP) is 7.18. The van der Waals surface area contributed by atoms with Crippen molar-refractivity contribution in [3.05, 3.63) is 83.5 Å². The first-order valence-electron chi connectivity index (χ1n) is 9.02. The Hall–Kier alpha value is -2.22. The molecule has 0 saturated heterocycles. The van der Waals surface area contributed by atoms with Gasteiger partial charge in [0, 0.05) is 0 Å². The summed E-state index contributed by atoms with van der Waals surface area (Å²) in [6.45, 7) is 2.06. The third kappa shape index (κ3) is 4.45. The summed E-state index contributed by atoms with van der Waals surface area (Å²) >= 11 is 0. The smallest absolute Gasteiger partial charge is 0.159 e. The third-order valence-electron chi connectivity index (χ3n) is 5.01. The molecule has 2 aromatic rings. The molecule has 0 spiro atoms. The van der Waals surface area contributed by atoms with Crippen molar-refractivity contribution in [3.8, 4) is 11.1 Å². The van der Waals surface area contributed by atoms with Crippen LogP contribution in [0.2, 0.25) is 0 Å². The van der Waals surface area contributed by atoms with Crippen molar-refractivity contribution in [2.45, 2.75) is 44.9 Å². The second-order valence-electron chi connectivity index (χ2n) is 6.69. The van der Waals surface area contributed by atoms with Crippen LogP contribution in [0.5, 0.6) is 0 Å². The van der Waals surface area contributed by atoms with E-state index in [0.717, 1.165) is 18.4 Å². The normalized spacial score (nSPS) is 17.7. The minimum Gasteiger partial charge on any atom is -0.204 e. The van der Waals surface area contributed by atoms with Crippen LogP contribution in [0.1, 0.15) is 50.5 Å². The van der Waals surface area contributed by atoms with E-state index in [9.17, 15) is 8.78 Å². The average Bonchev–Trinajstić information content (AvgIpc) is 2.65. The fourth-order valence-electron chi connectivity index (χ4n) is 3.48. The first kappa shape index (κ1) is 17.6. The fraction of sp³-hybridized carbons (Fsp3) is 0.304. The van der Waals surface area contributed by atoms with Crippen molar-refractivity contribution in [1.29, 1.82) is 0 Å². The summed E-state index contributed by atoms with van der Waals surface area (Å²) in [7, 11) is 0. The minimum absolute atomic E-state index is 0.560. The van der Waals surface area contributed by atoms with Crippen LogP contribution in [-0.4, -0.2) is 0 Å². The lowest BCUT2D eigenvalue weighted by atomic mass is 9.83. The number of hydrogen-bond donors (Lipinski definition) is 0. The molecule has 0 bridgehead atoms. The molecular formula is C23H24F2. The number of rotatable bonds is 5. The van der Waals surface area contributed by atoms with Gasteiger partial charge in [0.1, 0.15) is 0 Å². The van der Waals surface area contributed by atoms with Crippen LogP contribution in [0.15, 0.2) is 66.3 Å². The van der Waals surface area contributed by atoms with E-state index < -0.39 is 11.6 Å². The summed E-state index contributed by atoms with van der Waals surface area (Å²) in [6.07, 6.45) is 12.5. The molecule has 0 fully saturated rings. The lowest BCUT2D eigenvalue weighted by Gasteiger charge is -2.22. The van der Waals surface area contributed by atoms with Crippen LogP contribution in [-0.2, 0) is 0 Å². The predicted molar refractivity (Wildman–Crippen MR) is 101 cm³/mol. The first-order valence-corrected chi connectivity index (χ1v) is 9.02. The summed E-state index contributed by atoms with van der Waals surface area (Å²) in [5, 5.41) is 0. The van der Waals surface area contributed by atoms with Crippen LogP contribution in [0.3, 0.4) is 0 Å². The standard InChI is InChI=1S/C23H24F2/c1-2-3-4-5-17-6-8-18(9-7-17)19-10-12-20(13-11-19)21-14-15-22(24)23(25)16-21/h2-3,6,10-16,18H,4-5,7-9H2,1H3. The molecule has 3 rings (SSSR count). The molecule has 1 aliphatic carbocycles. The van der Waals surface area contributed by atoms with Gasteiger partial charge in [-0.15, -0.1) is 0 Å². The molecular weight excluding hydrogens is 314 g/mol. The van der Waals surface area contributed by atoms with Crippen LogP contribution in [0, 0.1) is 11.6 Å². The van der Waals surface area contributed by atoms with Gasteiger partial charge < -0.3 is 0 Å². The van der Waals surface area contributed by atoms with Crippen molar-refractivity contribution in [1.82, 2.24) is 0 Å². The molecule has 130 valence electrons. The van der Waals surface area contributed by atoms with Crippen molar-refractivity contribution >= 4 is 0 Å². The maximum Gasteiger partial charge on any atom is 0.159 e. The molecule has 1 aliphatic rings. The molecule has 0 nitrogen and oxygen atoms in total. The number of halogens is 2. The highest BCUT2D eigenvalue weighted by Crippen LogP contribution is 2.34. The van der Waals surface area contributed by atoms with E-state index in [2.05, 4.69) is 37.3 Å². The van der Waals surface area contributed by atoms with Gasteiger partial charge in [0.2, 0.25) is 0 Å². The van der Waals surface area contributed by atoms with Gasteiger partial charge in [0.05, 0.1) is 0 Å². The Labute approximate surface area is 148 Å². The van der Waals surface area contributed by atoms with Crippen molar-refractivity contribution in [2.75, 3.05) is 0 Å². The van der Waals surface area contributed by atoms with E-state index in [1.807, 2.05) is 12.1 Å². The second-order valence-corrected chi connectivity index (χ2v) is 6.69. The number of hydrogen-bond acceptors (Lipinski definition) is 0. The summed E-state index contributed by atoms with van der Waals surface area (Å²) in [5.41, 5.74) is 4.53. The first-order chi connectivity index (χ1) is 12.2. The fourth-order valence-corrected chi connectivity index (χ4v) is 3.48. The Bertz CT molecular complexity index is 769. The highest BCUT2D eigenvalue weighted by molar-refractivity contribution is 5.63. The van der Waals surface area contributed by atoms with E-state index in [4.69, 9.17) is 0 Å². The quantitative estimate of drug-likeness (QED) is 0.506. The van der Waals surface area contributed by atoms with Gasteiger partial charge in [-0.05, 0) is 73.8 Å². The van der Waals surface area contributed by atoms with Crippen LogP contribution in [0.4, 0.5) is 8.78 Å². The molecule has 2 aromatic carbocycles. The van der Waals surface area contributed by atoms with Crippen LogP contribution in [0.25, 0.3) is 11.1 Å². The SMILES string of the molecule is CC=CCCC1=CCC(c2ccc(-c3ccc(F)c(F)c3)cc2)CC1. The Morgan fingerprint density at radius 1 is 1.00 bits per heavy atom. The van der Waals surface area contributed by atoms with Gasteiger partial charge in [-0.25, -0.2) is 8.78 Å². The molecule has 2 heteroatoms. The van der Waals surface area contributed by atoms with Gasteiger partial charge >= 0.3 is 0 Å². The molecule has 0 radical (unpaired) electrons. The van der Waals surface area contributed by atoms with E-state index >= 15 is 0 Å². The molecule has 0 saturated carbocycles. The zero-order chi connectivity index (χ0) is 17.6. The number of benzene rings is 2. The average molecular weight is 338 g/mol. The van der Waals surface area contributed by atoms with Crippen molar-refractivity contribution < 1.29 is 8.78 Å². The molecule has 1 atom stereocenters. The molecule has 1 unspecified atom stereocenters. The molecule has 0 heterocycles. The maximum absolute atomic E-state index is 13.4. The zero-order valence-electron chi connectivity index (χ0n) is 14.6. The van der Waals surface area contributed by atoms with Crippen LogP contribution >= 0.6 is 0 Å². The molecule has 0 aliphatic heterocycles. The monoisotopic (exact) mass is 338 g/mol. The largest absolute Gasteiger partial charge is 0.204 e. The molecule has 0 amide bonds. The summed E-state index contributed by atoms with van der Waals surface area (Å²) < 4.78 is 26.5. The molecule has 25 heavy (non-hydrogen) atoms. The lowest BCUT2D eigenvalue weighted by Crippen LogP contribution is -2.04. The van der Waals surface area contributed by atoms with Crippen LogP contribution < -0.4 is 0 Å². The topological polar surface area (TPSA) is 0 Å². The molecule has 0 aromatic heterocycles. The third-order valence-corrected chi connectivity index (χ3v) is 5.01. The Morgan fingerprint density at radius 3 is 2.40 bits per heavy atom. The van der Waals surface area contributed by atoms with Crippen molar-refractivity contribution in [2.24, 2.45) is 0 Å². The van der Waals surface area contributed by atoms with Gasteiger partial charge in [-0.1, -0.05) is 54.1 Å². The Morgan fingerprint density at radius 2 is 1.76 bits per heavy atom. The Kier molecular flexibility index (Phi) is 5.80. The number of allylic oxidation sites excluding steroid dienone is 4. The van der Waals surface area contributed by atoms with Gasteiger partial charge in [0.25, 0.3) is 0 Å². The zero-order valence-corrected chi connectivity index (χ0v) is 14.6. The van der Waals surface area contributed by atoms with E-state index in [1.54, 1.807) is 11.6 Å². The Balaban J connectivity index is 1.66. The van der Waals surface area contributed by atoms with Gasteiger partial charge in [-0.2, -0.15) is 0 Å². The maximum atomic E-state index is 13.4. The van der Waals surface area contributed by atoms with Crippen molar-refractivity contribution in [3.63, 3.8) is 0 Å². The lowest BCUT2D eigenvalue weighted by molar-refractivity contribution is 0.509. The summed E-state index contributed by atoms with van der Waals surface area (Å²) in [5.74, 6) is -1.05. The summed E-state index contributed by atoms with van der Waals surface area (Å²) in [6, 6.07) is 12.3. The highest BCUT2D eigenvalue weighted by Gasteiger charge is 2.16. The second kappa shape index (κ2) is 8.24. The van der Waals surface area contributed by atoms with Gasteiger partial charge in [0.15, 0.2) is 11.6 Å². The molecule has 0 N–H and O–H groups in total. The van der Waals surface area contributed by atoms with E-state index in [0.29, 0.717) is 11.5 Å². The van der Waals surface area contributed by atoms with E-state index in [-0.39, 0.29) is 0 Å². The van der Waals surface area contributed by atoms with Gasteiger partial charge in [-0.3, -0.25) is 0 Å². The summed E-state index contributed by atoms with van der Waals surface area (Å²) in [4.78, 5) is 0. The van der Waals surface area contributed by atoms with E-state index in [1.165, 1.54) is 37.0 Å².